The number of sulfonamides is 1. The molecule has 1 amide bonds. The van der Waals surface area contributed by atoms with E-state index in [2.05, 4.69) is 5.32 Å². The van der Waals surface area contributed by atoms with E-state index in [1.807, 2.05) is 38.1 Å². The van der Waals surface area contributed by atoms with E-state index in [1.54, 1.807) is 0 Å². The third-order valence-electron chi connectivity index (χ3n) is 5.42. The lowest BCUT2D eigenvalue weighted by molar-refractivity contribution is -0.126. The molecule has 3 rings (SSSR count). The van der Waals surface area contributed by atoms with E-state index in [9.17, 15) is 17.6 Å². The van der Waals surface area contributed by atoms with Crippen molar-refractivity contribution in [2.75, 3.05) is 13.1 Å². The first-order valence-electron chi connectivity index (χ1n) is 10.5. The monoisotopic (exact) mass is 448 g/mol. The van der Waals surface area contributed by atoms with E-state index >= 15 is 0 Å². The second-order valence-electron chi connectivity index (χ2n) is 7.96. The smallest absolute Gasteiger partial charge is 0.245 e. The molecule has 2 aromatic carbocycles. The van der Waals surface area contributed by atoms with Gasteiger partial charge in [0.15, 0.2) is 0 Å². The number of piperidine rings is 1. The summed E-state index contributed by atoms with van der Waals surface area (Å²) in [5.74, 6) is -1.13. The first-order chi connectivity index (χ1) is 14.8. The molecule has 1 N–H and O–H groups in total. The highest BCUT2D eigenvalue weighted by Crippen LogP contribution is 2.25. The normalized spacial score (nSPS) is 15.9. The zero-order valence-corrected chi connectivity index (χ0v) is 18.7. The Kier molecular flexibility index (Phi) is 7.80. The van der Waals surface area contributed by atoms with Crippen LogP contribution in [0, 0.1) is 11.7 Å². The lowest BCUT2D eigenvalue weighted by Crippen LogP contribution is -2.43. The fourth-order valence-electron chi connectivity index (χ4n) is 3.61. The summed E-state index contributed by atoms with van der Waals surface area (Å²) >= 11 is 0. The minimum Gasteiger partial charge on any atom is -0.374 e. The molecule has 1 aliphatic rings. The molecular weight excluding hydrogens is 419 g/mol. The average Bonchev–Trinajstić information content (AvgIpc) is 2.76. The van der Waals surface area contributed by atoms with Crippen LogP contribution >= 0.6 is 0 Å². The zero-order chi connectivity index (χ0) is 22.4. The standard InChI is InChI=1S/C23H29FN2O4S/c1-17(2)30-16-20-8-4-3-7-19(20)15-25-23(27)18-11-13-26(14-12-18)31(28,29)22-10-6-5-9-21(22)24/h3-10,17-18H,11-16H2,1-2H3,(H,25,27). The molecule has 8 heteroatoms. The van der Waals surface area contributed by atoms with Crippen LogP contribution in [0.1, 0.15) is 37.8 Å². The molecule has 31 heavy (non-hydrogen) atoms. The molecule has 0 atom stereocenters. The number of ether oxygens (including phenoxy) is 1. The zero-order valence-electron chi connectivity index (χ0n) is 17.9. The van der Waals surface area contributed by atoms with Crippen LogP contribution in [0.15, 0.2) is 53.4 Å². The van der Waals surface area contributed by atoms with Crippen LogP contribution in [0.4, 0.5) is 4.39 Å². The summed E-state index contributed by atoms with van der Waals surface area (Å²) in [6, 6.07) is 13.2. The number of hydrogen-bond donors (Lipinski definition) is 1. The molecule has 1 fully saturated rings. The second kappa shape index (κ2) is 10.3. The Hall–Kier alpha value is -2.29. The van der Waals surface area contributed by atoms with Crippen LogP contribution in [0.2, 0.25) is 0 Å². The minimum absolute atomic E-state index is 0.0949. The third kappa shape index (κ3) is 5.90. The molecule has 0 unspecified atom stereocenters. The number of nitrogens with one attached hydrogen (secondary N) is 1. The summed E-state index contributed by atoms with van der Waals surface area (Å²) in [5.41, 5.74) is 2.03. The van der Waals surface area contributed by atoms with Crippen LogP contribution in [0.5, 0.6) is 0 Å². The van der Waals surface area contributed by atoms with Gasteiger partial charge in [-0.25, -0.2) is 12.8 Å². The number of rotatable bonds is 8. The highest BCUT2D eigenvalue weighted by Gasteiger charge is 2.33. The van der Waals surface area contributed by atoms with E-state index in [0.717, 1.165) is 17.2 Å². The van der Waals surface area contributed by atoms with Gasteiger partial charge in [-0.1, -0.05) is 36.4 Å². The van der Waals surface area contributed by atoms with Crippen LogP contribution in [-0.4, -0.2) is 37.8 Å². The van der Waals surface area contributed by atoms with Crippen molar-refractivity contribution in [1.29, 1.82) is 0 Å². The maximum atomic E-state index is 14.0. The summed E-state index contributed by atoms with van der Waals surface area (Å²) in [4.78, 5) is 12.3. The van der Waals surface area contributed by atoms with Crippen molar-refractivity contribution < 1.29 is 22.3 Å². The van der Waals surface area contributed by atoms with Crippen LogP contribution < -0.4 is 5.32 Å². The molecule has 0 bridgehead atoms. The Morgan fingerprint density at radius 3 is 2.35 bits per heavy atom. The summed E-state index contributed by atoms with van der Waals surface area (Å²) < 4.78 is 46.3. The number of amides is 1. The van der Waals surface area contributed by atoms with E-state index in [-0.39, 0.29) is 35.9 Å². The van der Waals surface area contributed by atoms with Crippen molar-refractivity contribution in [3.8, 4) is 0 Å². The fraction of sp³-hybridized carbons (Fsp3) is 0.435. The first-order valence-corrected chi connectivity index (χ1v) is 11.9. The van der Waals surface area contributed by atoms with E-state index in [1.165, 1.54) is 22.5 Å². The molecule has 1 aliphatic heterocycles. The van der Waals surface area contributed by atoms with E-state index in [4.69, 9.17) is 4.74 Å². The Balaban J connectivity index is 1.55. The summed E-state index contributed by atoms with van der Waals surface area (Å²) in [7, 11) is -3.90. The van der Waals surface area contributed by atoms with E-state index < -0.39 is 15.8 Å². The predicted molar refractivity (Wildman–Crippen MR) is 116 cm³/mol. The van der Waals surface area contributed by atoms with E-state index in [0.29, 0.717) is 26.0 Å². The molecule has 0 radical (unpaired) electrons. The lowest BCUT2D eigenvalue weighted by Gasteiger charge is -2.30. The average molecular weight is 449 g/mol. The largest absolute Gasteiger partial charge is 0.374 e. The van der Waals surface area contributed by atoms with Gasteiger partial charge in [-0.05, 0) is 49.9 Å². The molecule has 6 nitrogen and oxygen atoms in total. The Morgan fingerprint density at radius 1 is 1.10 bits per heavy atom. The van der Waals surface area contributed by atoms with Gasteiger partial charge in [-0.15, -0.1) is 0 Å². The predicted octanol–water partition coefficient (Wildman–Crippen LogP) is 3.47. The third-order valence-corrected chi connectivity index (χ3v) is 7.35. The number of carbonyl (C=O) groups excluding carboxylic acids is 1. The molecule has 0 saturated carbocycles. The Morgan fingerprint density at radius 2 is 1.71 bits per heavy atom. The number of hydrogen-bond acceptors (Lipinski definition) is 4. The van der Waals surface area contributed by atoms with Crippen molar-refractivity contribution >= 4 is 15.9 Å². The number of nitrogens with zero attached hydrogens (tertiary/aromatic N) is 1. The second-order valence-corrected chi connectivity index (χ2v) is 9.86. The van der Waals surface area contributed by atoms with Crippen molar-refractivity contribution in [3.63, 3.8) is 0 Å². The molecule has 2 aromatic rings. The highest BCUT2D eigenvalue weighted by molar-refractivity contribution is 7.89. The molecule has 0 aromatic heterocycles. The topological polar surface area (TPSA) is 75.7 Å². The van der Waals surface area contributed by atoms with Crippen LogP contribution in [0.25, 0.3) is 0 Å². The summed E-state index contributed by atoms with van der Waals surface area (Å²) in [6.07, 6.45) is 0.920. The number of benzene rings is 2. The summed E-state index contributed by atoms with van der Waals surface area (Å²) in [5, 5.41) is 2.97. The van der Waals surface area contributed by atoms with Gasteiger partial charge in [0.25, 0.3) is 0 Å². The van der Waals surface area contributed by atoms with Crippen molar-refractivity contribution in [1.82, 2.24) is 9.62 Å². The maximum absolute atomic E-state index is 14.0. The van der Waals surface area contributed by atoms with Gasteiger partial charge in [-0.2, -0.15) is 4.31 Å². The Bertz CT molecular complexity index is 1000. The van der Waals surface area contributed by atoms with Crippen molar-refractivity contribution in [2.45, 2.75) is 50.8 Å². The molecule has 1 saturated heterocycles. The van der Waals surface area contributed by atoms with Gasteiger partial charge in [-0.3, -0.25) is 4.79 Å². The molecular formula is C23H29FN2O4S. The highest BCUT2D eigenvalue weighted by atomic mass is 32.2. The van der Waals surface area contributed by atoms with Crippen molar-refractivity contribution in [3.05, 3.63) is 65.5 Å². The summed E-state index contributed by atoms with van der Waals surface area (Å²) in [6.45, 7) is 5.20. The lowest BCUT2D eigenvalue weighted by atomic mass is 9.97. The van der Waals surface area contributed by atoms with Gasteiger partial charge in [0, 0.05) is 25.6 Å². The van der Waals surface area contributed by atoms with Crippen LogP contribution in [-0.2, 0) is 32.7 Å². The van der Waals surface area contributed by atoms with Crippen LogP contribution in [0.3, 0.4) is 0 Å². The number of halogens is 1. The number of carbonyl (C=O) groups is 1. The quantitative estimate of drug-likeness (QED) is 0.671. The molecule has 0 spiro atoms. The minimum atomic E-state index is -3.90. The van der Waals surface area contributed by atoms with Gasteiger partial charge in [0.05, 0.1) is 12.7 Å². The first kappa shape index (κ1) is 23.4. The van der Waals surface area contributed by atoms with Crippen molar-refractivity contribution in [2.24, 2.45) is 5.92 Å². The van der Waals surface area contributed by atoms with Gasteiger partial charge < -0.3 is 10.1 Å². The fourth-order valence-corrected chi connectivity index (χ4v) is 5.14. The van der Waals surface area contributed by atoms with Gasteiger partial charge in [0.2, 0.25) is 15.9 Å². The maximum Gasteiger partial charge on any atom is 0.245 e. The SMILES string of the molecule is CC(C)OCc1ccccc1CNC(=O)C1CCN(S(=O)(=O)c2ccccc2F)CC1. The molecule has 1 heterocycles. The Labute approximate surface area is 183 Å². The van der Waals surface area contributed by atoms with Gasteiger partial charge >= 0.3 is 0 Å². The molecule has 168 valence electrons. The van der Waals surface area contributed by atoms with Gasteiger partial charge in [0.1, 0.15) is 10.7 Å². The molecule has 0 aliphatic carbocycles.